The first-order valence-electron chi connectivity index (χ1n) is 4.06. The SMILES string of the molecule is CCC(I)c1ccccc1OC. The Morgan fingerprint density at radius 1 is 1.42 bits per heavy atom. The second-order valence-electron chi connectivity index (χ2n) is 2.62. The lowest BCUT2D eigenvalue weighted by atomic mass is 10.1. The van der Waals surface area contributed by atoms with Gasteiger partial charge in [0.1, 0.15) is 5.75 Å². The molecule has 1 aromatic rings. The van der Waals surface area contributed by atoms with Gasteiger partial charge >= 0.3 is 0 Å². The smallest absolute Gasteiger partial charge is 0.123 e. The molecule has 1 atom stereocenters. The Morgan fingerprint density at radius 3 is 2.67 bits per heavy atom. The summed E-state index contributed by atoms with van der Waals surface area (Å²) in [5.41, 5.74) is 1.29. The van der Waals surface area contributed by atoms with Crippen molar-refractivity contribution in [3.63, 3.8) is 0 Å². The maximum Gasteiger partial charge on any atom is 0.123 e. The average Bonchev–Trinajstić information content (AvgIpc) is 2.16. The number of halogens is 1. The highest BCUT2D eigenvalue weighted by molar-refractivity contribution is 14.1. The van der Waals surface area contributed by atoms with E-state index >= 15 is 0 Å². The Bertz CT molecular complexity index is 247. The van der Waals surface area contributed by atoms with E-state index in [1.54, 1.807) is 7.11 Å². The molecule has 1 nitrogen and oxygen atoms in total. The first-order valence-corrected chi connectivity index (χ1v) is 5.31. The second kappa shape index (κ2) is 4.70. The van der Waals surface area contributed by atoms with Crippen LogP contribution in [0.3, 0.4) is 0 Å². The first-order chi connectivity index (χ1) is 5.79. The molecule has 0 aliphatic rings. The highest BCUT2D eigenvalue weighted by Gasteiger charge is 2.08. The van der Waals surface area contributed by atoms with Crippen LogP contribution in [0.4, 0.5) is 0 Å². The molecule has 0 saturated heterocycles. The minimum absolute atomic E-state index is 0.554. The van der Waals surface area contributed by atoms with Crippen LogP contribution in [-0.4, -0.2) is 7.11 Å². The summed E-state index contributed by atoms with van der Waals surface area (Å²) < 4.78 is 5.82. The number of ether oxygens (including phenoxy) is 1. The number of para-hydroxylation sites is 1. The molecule has 0 radical (unpaired) electrons. The van der Waals surface area contributed by atoms with E-state index in [1.807, 2.05) is 12.1 Å². The number of hydrogen-bond donors (Lipinski definition) is 0. The van der Waals surface area contributed by atoms with E-state index < -0.39 is 0 Å². The normalized spacial score (nSPS) is 12.6. The lowest BCUT2D eigenvalue weighted by Gasteiger charge is -2.11. The molecule has 2 heteroatoms. The van der Waals surface area contributed by atoms with E-state index in [0.29, 0.717) is 3.92 Å². The fourth-order valence-electron chi connectivity index (χ4n) is 1.15. The summed E-state index contributed by atoms with van der Waals surface area (Å²) in [6, 6.07) is 8.19. The van der Waals surface area contributed by atoms with Crippen molar-refractivity contribution in [2.75, 3.05) is 7.11 Å². The molecule has 0 aromatic heterocycles. The molecular formula is C10H13IO. The van der Waals surface area contributed by atoms with Gasteiger partial charge in [-0.25, -0.2) is 0 Å². The van der Waals surface area contributed by atoms with Crippen LogP contribution in [0.2, 0.25) is 0 Å². The molecule has 0 aliphatic carbocycles. The van der Waals surface area contributed by atoms with Crippen molar-refractivity contribution in [3.8, 4) is 5.75 Å². The zero-order valence-corrected chi connectivity index (χ0v) is 9.54. The molecule has 0 fully saturated rings. The van der Waals surface area contributed by atoms with Gasteiger partial charge in [-0.05, 0) is 12.5 Å². The van der Waals surface area contributed by atoms with Crippen LogP contribution in [0.15, 0.2) is 24.3 Å². The molecule has 0 spiro atoms. The van der Waals surface area contributed by atoms with E-state index in [-0.39, 0.29) is 0 Å². The van der Waals surface area contributed by atoms with Crippen LogP contribution in [0.5, 0.6) is 5.75 Å². The average molecular weight is 276 g/mol. The van der Waals surface area contributed by atoms with Gasteiger partial charge in [0.2, 0.25) is 0 Å². The molecule has 66 valence electrons. The monoisotopic (exact) mass is 276 g/mol. The Morgan fingerprint density at radius 2 is 2.08 bits per heavy atom. The van der Waals surface area contributed by atoms with Gasteiger partial charge in [0.15, 0.2) is 0 Å². The maximum atomic E-state index is 5.26. The summed E-state index contributed by atoms with van der Waals surface area (Å²) in [6.45, 7) is 2.18. The summed E-state index contributed by atoms with van der Waals surface area (Å²) in [5, 5.41) is 0. The molecule has 0 saturated carbocycles. The predicted molar refractivity (Wildman–Crippen MR) is 60.0 cm³/mol. The van der Waals surface area contributed by atoms with Crippen molar-refractivity contribution in [2.24, 2.45) is 0 Å². The lowest BCUT2D eigenvalue weighted by Crippen LogP contribution is -1.93. The van der Waals surface area contributed by atoms with Crippen molar-refractivity contribution in [1.82, 2.24) is 0 Å². The highest BCUT2D eigenvalue weighted by Crippen LogP contribution is 2.33. The standard InChI is InChI=1S/C10H13IO/c1-3-9(11)8-6-4-5-7-10(8)12-2/h4-7,9H,3H2,1-2H3. The summed E-state index contributed by atoms with van der Waals surface area (Å²) >= 11 is 2.44. The molecule has 12 heavy (non-hydrogen) atoms. The molecule has 0 bridgehead atoms. The topological polar surface area (TPSA) is 9.23 Å². The molecule has 0 aliphatic heterocycles. The maximum absolute atomic E-state index is 5.26. The van der Waals surface area contributed by atoms with Crippen molar-refractivity contribution in [1.29, 1.82) is 0 Å². The fraction of sp³-hybridized carbons (Fsp3) is 0.400. The zero-order valence-electron chi connectivity index (χ0n) is 7.38. The van der Waals surface area contributed by atoms with E-state index in [0.717, 1.165) is 12.2 Å². The minimum Gasteiger partial charge on any atom is -0.496 e. The van der Waals surface area contributed by atoms with Gasteiger partial charge in [0.05, 0.1) is 7.11 Å². The van der Waals surface area contributed by atoms with Crippen molar-refractivity contribution < 1.29 is 4.74 Å². The fourth-order valence-corrected chi connectivity index (χ4v) is 1.66. The molecule has 1 rings (SSSR count). The van der Waals surface area contributed by atoms with Gasteiger partial charge in [-0.2, -0.15) is 0 Å². The van der Waals surface area contributed by atoms with Crippen molar-refractivity contribution >= 4 is 22.6 Å². The van der Waals surface area contributed by atoms with Gasteiger partial charge in [-0.15, -0.1) is 0 Å². The minimum atomic E-state index is 0.554. The summed E-state index contributed by atoms with van der Waals surface area (Å²) in [5.74, 6) is 0.999. The van der Waals surface area contributed by atoms with E-state index in [2.05, 4.69) is 41.6 Å². The number of methoxy groups -OCH3 is 1. The molecule has 0 amide bonds. The number of hydrogen-bond acceptors (Lipinski definition) is 1. The van der Waals surface area contributed by atoms with Crippen LogP contribution in [0, 0.1) is 0 Å². The molecular weight excluding hydrogens is 263 g/mol. The van der Waals surface area contributed by atoms with Crippen molar-refractivity contribution in [3.05, 3.63) is 29.8 Å². The van der Waals surface area contributed by atoms with Crippen molar-refractivity contribution in [2.45, 2.75) is 17.3 Å². The quantitative estimate of drug-likeness (QED) is 0.605. The molecule has 1 aromatic carbocycles. The van der Waals surface area contributed by atoms with E-state index in [1.165, 1.54) is 5.56 Å². The summed E-state index contributed by atoms with van der Waals surface area (Å²) in [4.78, 5) is 0. The van der Waals surface area contributed by atoms with Gasteiger partial charge < -0.3 is 4.74 Å². The molecule has 0 heterocycles. The van der Waals surface area contributed by atoms with Gasteiger partial charge in [-0.3, -0.25) is 0 Å². The third-order valence-electron chi connectivity index (χ3n) is 1.83. The Labute approximate surface area is 87.3 Å². The first kappa shape index (κ1) is 9.84. The highest BCUT2D eigenvalue weighted by atomic mass is 127. The number of benzene rings is 1. The summed E-state index contributed by atoms with van der Waals surface area (Å²) in [6.07, 6.45) is 1.14. The third kappa shape index (κ3) is 2.12. The van der Waals surface area contributed by atoms with Gasteiger partial charge in [0.25, 0.3) is 0 Å². The summed E-state index contributed by atoms with van der Waals surface area (Å²) in [7, 11) is 1.72. The van der Waals surface area contributed by atoms with E-state index in [4.69, 9.17) is 4.74 Å². The lowest BCUT2D eigenvalue weighted by molar-refractivity contribution is 0.409. The molecule has 0 N–H and O–H groups in total. The van der Waals surface area contributed by atoms with Gasteiger partial charge in [-0.1, -0.05) is 47.7 Å². The Hall–Kier alpha value is -0.250. The van der Waals surface area contributed by atoms with Crippen LogP contribution in [0.25, 0.3) is 0 Å². The zero-order chi connectivity index (χ0) is 8.97. The van der Waals surface area contributed by atoms with Gasteiger partial charge in [0, 0.05) is 9.49 Å². The van der Waals surface area contributed by atoms with Crippen LogP contribution >= 0.6 is 22.6 Å². The number of rotatable bonds is 3. The second-order valence-corrected chi connectivity index (χ2v) is 4.12. The third-order valence-corrected chi connectivity index (χ3v) is 3.39. The molecule has 1 unspecified atom stereocenters. The predicted octanol–water partition coefficient (Wildman–Crippen LogP) is 3.58. The Kier molecular flexibility index (Phi) is 3.85. The van der Waals surface area contributed by atoms with Crippen LogP contribution < -0.4 is 4.74 Å². The van der Waals surface area contributed by atoms with E-state index in [9.17, 15) is 0 Å². The Balaban J connectivity index is 2.96. The van der Waals surface area contributed by atoms with Crippen LogP contribution in [-0.2, 0) is 0 Å². The van der Waals surface area contributed by atoms with Crippen LogP contribution in [0.1, 0.15) is 22.8 Å². The largest absolute Gasteiger partial charge is 0.496 e. The number of alkyl halides is 1.